The van der Waals surface area contributed by atoms with E-state index in [1.54, 1.807) is 37.2 Å². The van der Waals surface area contributed by atoms with Crippen LogP contribution in [0.4, 0.5) is 0 Å². The molecular formula is C13H15Cl2N3O2. The first kappa shape index (κ1) is 15.0. The van der Waals surface area contributed by atoms with Gasteiger partial charge in [0, 0.05) is 7.05 Å². The first-order valence-corrected chi connectivity index (χ1v) is 6.59. The van der Waals surface area contributed by atoms with E-state index in [-0.39, 0.29) is 0 Å². The minimum absolute atomic E-state index is 0.426. The smallest absolute Gasteiger partial charge is 0.179 e. The minimum atomic E-state index is -0.465. The van der Waals surface area contributed by atoms with E-state index in [1.165, 1.54) is 7.11 Å². The van der Waals surface area contributed by atoms with E-state index in [0.717, 1.165) is 5.56 Å². The summed E-state index contributed by atoms with van der Waals surface area (Å²) in [7, 11) is 4.85. The Bertz CT molecular complexity index is 609. The standard InChI is InChI=1S/C13H15Cl2N3O2/c1-18-12(9(15)6-17-18)11(16)7-4-8(14)13(20-3)10(5-7)19-2/h4-6,11H,16H2,1-3H3. The van der Waals surface area contributed by atoms with Crippen LogP contribution in [0.25, 0.3) is 0 Å². The molecule has 20 heavy (non-hydrogen) atoms. The molecule has 108 valence electrons. The highest BCUT2D eigenvalue weighted by atomic mass is 35.5. The quantitative estimate of drug-likeness (QED) is 0.942. The predicted octanol–water partition coefficient (Wildman–Crippen LogP) is 2.79. The Labute approximate surface area is 127 Å². The van der Waals surface area contributed by atoms with Gasteiger partial charge in [0.15, 0.2) is 11.5 Å². The number of rotatable bonds is 4. The second kappa shape index (κ2) is 5.91. The number of methoxy groups -OCH3 is 2. The van der Waals surface area contributed by atoms with E-state index in [1.807, 2.05) is 0 Å². The average Bonchev–Trinajstić information content (AvgIpc) is 2.76. The molecule has 1 heterocycles. The van der Waals surface area contributed by atoms with Crippen LogP contribution in [0.15, 0.2) is 18.3 Å². The molecule has 2 aromatic rings. The van der Waals surface area contributed by atoms with Crippen molar-refractivity contribution in [3.05, 3.63) is 39.6 Å². The lowest BCUT2D eigenvalue weighted by atomic mass is 10.0. The van der Waals surface area contributed by atoms with Gasteiger partial charge in [-0.3, -0.25) is 4.68 Å². The number of benzene rings is 1. The maximum absolute atomic E-state index is 6.25. The number of nitrogens with two attached hydrogens (primary N) is 1. The van der Waals surface area contributed by atoms with Gasteiger partial charge in [-0.15, -0.1) is 0 Å². The zero-order valence-electron chi connectivity index (χ0n) is 11.4. The molecule has 1 aromatic heterocycles. The average molecular weight is 316 g/mol. The topological polar surface area (TPSA) is 62.3 Å². The van der Waals surface area contributed by atoms with E-state index >= 15 is 0 Å². The van der Waals surface area contributed by atoms with Crippen LogP contribution in [-0.4, -0.2) is 24.0 Å². The maximum Gasteiger partial charge on any atom is 0.179 e. The van der Waals surface area contributed by atoms with Crippen molar-refractivity contribution < 1.29 is 9.47 Å². The number of halogens is 2. The summed E-state index contributed by atoms with van der Waals surface area (Å²) in [5.41, 5.74) is 7.71. The van der Waals surface area contributed by atoms with Crippen LogP contribution in [0.2, 0.25) is 10.0 Å². The van der Waals surface area contributed by atoms with Crippen molar-refractivity contribution in [2.24, 2.45) is 12.8 Å². The summed E-state index contributed by atoms with van der Waals surface area (Å²) in [5, 5.41) is 5.01. The molecule has 2 rings (SSSR count). The van der Waals surface area contributed by atoms with Crippen molar-refractivity contribution in [2.75, 3.05) is 14.2 Å². The van der Waals surface area contributed by atoms with Gasteiger partial charge in [-0.1, -0.05) is 23.2 Å². The third-order valence-corrected chi connectivity index (χ3v) is 3.62. The SMILES string of the molecule is COc1cc(C(N)c2c(Cl)cnn2C)cc(Cl)c1OC. The summed E-state index contributed by atoms with van der Waals surface area (Å²) in [6, 6.07) is 3.04. The van der Waals surface area contributed by atoms with Gasteiger partial charge in [0.1, 0.15) is 0 Å². The molecule has 2 N–H and O–H groups in total. The Morgan fingerprint density at radius 1 is 1.20 bits per heavy atom. The Morgan fingerprint density at radius 2 is 1.90 bits per heavy atom. The summed E-state index contributed by atoms with van der Waals surface area (Å²) in [4.78, 5) is 0. The molecule has 7 heteroatoms. The minimum Gasteiger partial charge on any atom is -0.493 e. The number of nitrogens with zero attached hydrogens (tertiary/aromatic N) is 2. The fourth-order valence-electron chi connectivity index (χ4n) is 2.05. The summed E-state index contributed by atoms with van der Waals surface area (Å²) in [5.74, 6) is 0.991. The molecule has 1 unspecified atom stereocenters. The fraction of sp³-hybridized carbons (Fsp3) is 0.308. The third kappa shape index (κ3) is 2.57. The van der Waals surface area contributed by atoms with Gasteiger partial charge < -0.3 is 15.2 Å². The second-order valence-corrected chi connectivity index (χ2v) is 5.03. The van der Waals surface area contributed by atoms with Crippen LogP contribution in [0, 0.1) is 0 Å². The number of hydrogen-bond donors (Lipinski definition) is 1. The molecule has 0 aliphatic heterocycles. The lowest BCUT2D eigenvalue weighted by Gasteiger charge is -2.17. The van der Waals surface area contributed by atoms with Crippen molar-refractivity contribution in [1.29, 1.82) is 0 Å². The molecule has 0 fully saturated rings. The zero-order valence-corrected chi connectivity index (χ0v) is 12.9. The van der Waals surface area contributed by atoms with Crippen LogP contribution in [0.3, 0.4) is 0 Å². The number of ether oxygens (including phenoxy) is 2. The summed E-state index contributed by atoms with van der Waals surface area (Å²) < 4.78 is 12.1. The Hall–Kier alpha value is -1.43. The van der Waals surface area contributed by atoms with E-state index in [9.17, 15) is 0 Å². The van der Waals surface area contributed by atoms with Crippen molar-refractivity contribution in [2.45, 2.75) is 6.04 Å². The molecule has 0 aliphatic carbocycles. The van der Waals surface area contributed by atoms with E-state index in [0.29, 0.717) is 27.2 Å². The lowest BCUT2D eigenvalue weighted by Crippen LogP contribution is -2.16. The monoisotopic (exact) mass is 315 g/mol. The van der Waals surface area contributed by atoms with Gasteiger partial charge in [-0.05, 0) is 17.7 Å². The van der Waals surface area contributed by atoms with Crippen molar-refractivity contribution in [3.8, 4) is 11.5 Å². The summed E-state index contributed by atoms with van der Waals surface area (Å²) in [6.45, 7) is 0. The van der Waals surface area contributed by atoms with Crippen LogP contribution in [-0.2, 0) is 7.05 Å². The van der Waals surface area contributed by atoms with Gasteiger partial charge in [0.05, 0.1) is 42.2 Å². The van der Waals surface area contributed by atoms with Crippen LogP contribution >= 0.6 is 23.2 Å². The highest BCUT2D eigenvalue weighted by molar-refractivity contribution is 6.32. The molecule has 1 aromatic carbocycles. The molecule has 0 aliphatic rings. The highest BCUT2D eigenvalue weighted by Crippen LogP contribution is 2.38. The maximum atomic E-state index is 6.25. The molecule has 1 atom stereocenters. The number of hydrogen-bond acceptors (Lipinski definition) is 4. The largest absolute Gasteiger partial charge is 0.493 e. The third-order valence-electron chi connectivity index (χ3n) is 3.05. The predicted molar refractivity (Wildman–Crippen MR) is 78.8 cm³/mol. The summed E-state index contributed by atoms with van der Waals surface area (Å²) in [6.07, 6.45) is 1.55. The molecule has 0 saturated heterocycles. The molecular weight excluding hydrogens is 301 g/mol. The number of aromatic nitrogens is 2. The first-order valence-electron chi connectivity index (χ1n) is 5.84. The normalized spacial score (nSPS) is 12.3. The van der Waals surface area contributed by atoms with Crippen molar-refractivity contribution >= 4 is 23.2 Å². The van der Waals surface area contributed by atoms with E-state index in [2.05, 4.69) is 5.10 Å². The van der Waals surface area contributed by atoms with E-state index in [4.69, 9.17) is 38.4 Å². The molecule has 0 amide bonds. The zero-order chi connectivity index (χ0) is 14.9. The van der Waals surface area contributed by atoms with Crippen LogP contribution in [0.5, 0.6) is 11.5 Å². The van der Waals surface area contributed by atoms with Crippen molar-refractivity contribution in [3.63, 3.8) is 0 Å². The van der Waals surface area contributed by atoms with Gasteiger partial charge in [-0.25, -0.2) is 0 Å². The lowest BCUT2D eigenvalue weighted by molar-refractivity contribution is 0.354. The van der Waals surface area contributed by atoms with Gasteiger partial charge in [-0.2, -0.15) is 5.10 Å². The number of aryl methyl sites for hydroxylation is 1. The fourth-order valence-corrected chi connectivity index (χ4v) is 2.63. The molecule has 0 radical (unpaired) electrons. The highest BCUT2D eigenvalue weighted by Gasteiger charge is 2.20. The van der Waals surface area contributed by atoms with Gasteiger partial charge in [0.2, 0.25) is 0 Å². The van der Waals surface area contributed by atoms with Gasteiger partial charge in [0.25, 0.3) is 0 Å². The first-order chi connectivity index (χ1) is 9.49. The molecule has 0 spiro atoms. The molecule has 0 bridgehead atoms. The van der Waals surface area contributed by atoms with E-state index < -0.39 is 6.04 Å². The summed E-state index contributed by atoms with van der Waals surface area (Å²) >= 11 is 12.3. The van der Waals surface area contributed by atoms with Crippen LogP contribution in [0.1, 0.15) is 17.3 Å². The Kier molecular flexibility index (Phi) is 4.42. The Balaban J connectivity index is 2.51. The second-order valence-electron chi connectivity index (χ2n) is 4.22. The molecule has 0 saturated carbocycles. The van der Waals surface area contributed by atoms with Crippen LogP contribution < -0.4 is 15.2 Å². The Morgan fingerprint density at radius 3 is 2.40 bits per heavy atom. The van der Waals surface area contributed by atoms with Gasteiger partial charge >= 0.3 is 0 Å². The molecule has 5 nitrogen and oxygen atoms in total. The van der Waals surface area contributed by atoms with Crippen molar-refractivity contribution in [1.82, 2.24) is 9.78 Å².